The fourth-order valence-electron chi connectivity index (χ4n) is 1.83. The van der Waals surface area contributed by atoms with Gasteiger partial charge in [0.15, 0.2) is 5.78 Å². The molecule has 0 aliphatic carbocycles. The lowest BCUT2D eigenvalue weighted by Gasteiger charge is -2.04. The van der Waals surface area contributed by atoms with Crippen molar-refractivity contribution in [2.75, 3.05) is 6.26 Å². The average Bonchev–Trinajstić information content (AvgIpc) is 2.66. The Balaban J connectivity index is 2.18. The van der Waals surface area contributed by atoms with Gasteiger partial charge in [0.1, 0.15) is 6.54 Å². The van der Waals surface area contributed by atoms with Gasteiger partial charge in [0.05, 0.1) is 16.4 Å². The first kappa shape index (κ1) is 14.2. The average molecular weight is 295 g/mol. The molecule has 0 unspecified atom stereocenters. The number of Topliss-reactive ketones (excluding diaryl/α,β-unsaturated/α-hetero) is 1. The fourth-order valence-corrected chi connectivity index (χ4v) is 2.38. The zero-order chi connectivity index (χ0) is 14.0. The topological polar surface area (TPSA) is 34.9 Å². The number of benzene rings is 1. The Morgan fingerprint density at radius 2 is 1.95 bits per heavy atom. The third-order valence-corrected chi connectivity index (χ3v) is 4.29. The molecule has 5 heteroatoms. The molecule has 0 saturated carbocycles. The normalized spacial score (nSPS) is 10.7. The number of thioether (sulfide) groups is 1. The molecular formula is C14H15ClN2OS. The van der Waals surface area contributed by atoms with E-state index in [9.17, 15) is 4.79 Å². The van der Waals surface area contributed by atoms with Gasteiger partial charge < -0.3 is 0 Å². The van der Waals surface area contributed by atoms with Crippen molar-refractivity contribution in [2.24, 2.45) is 0 Å². The number of hydrogen-bond acceptors (Lipinski definition) is 3. The van der Waals surface area contributed by atoms with E-state index in [1.54, 1.807) is 16.4 Å². The molecule has 0 atom stereocenters. The number of carbonyl (C=O) groups is 1. The van der Waals surface area contributed by atoms with Crippen LogP contribution in [-0.2, 0) is 6.54 Å². The monoisotopic (exact) mass is 294 g/mol. The number of nitrogens with zero attached hydrogens (tertiary/aromatic N) is 2. The Bertz CT molecular complexity index is 605. The first-order valence-electron chi connectivity index (χ1n) is 5.89. The highest BCUT2D eigenvalue weighted by Gasteiger charge is 2.13. The van der Waals surface area contributed by atoms with E-state index in [1.165, 1.54) is 0 Å². The Labute approximate surface area is 122 Å². The second-order valence-corrected chi connectivity index (χ2v) is 5.55. The summed E-state index contributed by atoms with van der Waals surface area (Å²) < 4.78 is 1.66. The summed E-state index contributed by atoms with van der Waals surface area (Å²) in [4.78, 5) is 13.3. The van der Waals surface area contributed by atoms with Crippen LogP contribution >= 0.6 is 23.4 Å². The van der Waals surface area contributed by atoms with Crippen molar-refractivity contribution in [3.63, 3.8) is 0 Å². The van der Waals surface area contributed by atoms with Crippen LogP contribution in [-0.4, -0.2) is 21.8 Å². The predicted molar refractivity (Wildman–Crippen MR) is 79.3 cm³/mol. The summed E-state index contributed by atoms with van der Waals surface area (Å²) in [5.74, 6) is 0.0370. The lowest BCUT2D eigenvalue weighted by Crippen LogP contribution is -2.13. The van der Waals surface area contributed by atoms with Crippen LogP contribution in [0.3, 0.4) is 0 Å². The van der Waals surface area contributed by atoms with Crippen LogP contribution in [0.1, 0.15) is 21.7 Å². The maximum absolute atomic E-state index is 12.2. The minimum absolute atomic E-state index is 0.0370. The molecule has 1 heterocycles. The number of aryl methyl sites for hydroxylation is 1. The highest BCUT2D eigenvalue weighted by molar-refractivity contribution is 7.98. The molecule has 1 aromatic carbocycles. The molecule has 0 aliphatic rings. The van der Waals surface area contributed by atoms with E-state index in [4.69, 9.17) is 11.6 Å². The van der Waals surface area contributed by atoms with Crippen molar-refractivity contribution in [1.82, 2.24) is 9.78 Å². The first-order valence-corrected chi connectivity index (χ1v) is 7.50. The molecule has 0 saturated heterocycles. The van der Waals surface area contributed by atoms with Crippen LogP contribution in [0, 0.1) is 13.8 Å². The molecular weight excluding hydrogens is 280 g/mol. The molecule has 0 bridgehead atoms. The van der Waals surface area contributed by atoms with Gasteiger partial charge in [0.2, 0.25) is 0 Å². The van der Waals surface area contributed by atoms with Crippen LogP contribution < -0.4 is 0 Å². The number of rotatable bonds is 4. The number of carbonyl (C=O) groups excluding carboxylic acids is 1. The third kappa shape index (κ3) is 3.01. The molecule has 1 aromatic heterocycles. The van der Waals surface area contributed by atoms with E-state index in [-0.39, 0.29) is 12.3 Å². The van der Waals surface area contributed by atoms with Gasteiger partial charge in [-0.05, 0) is 32.2 Å². The van der Waals surface area contributed by atoms with Gasteiger partial charge in [-0.15, -0.1) is 11.8 Å². The Morgan fingerprint density at radius 3 is 2.42 bits per heavy atom. The molecule has 0 amide bonds. The number of ketones is 1. The second kappa shape index (κ2) is 5.80. The fraction of sp³-hybridized carbons (Fsp3) is 0.286. The second-order valence-electron chi connectivity index (χ2n) is 4.29. The third-order valence-electron chi connectivity index (χ3n) is 3.00. The van der Waals surface area contributed by atoms with Crippen LogP contribution in [0.5, 0.6) is 0 Å². The number of hydrogen-bond donors (Lipinski definition) is 0. The van der Waals surface area contributed by atoms with Crippen molar-refractivity contribution >= 4 is 29.1 Å². The van der Waals surface area contributed by atoms with Gasteiger partial charge in [-0.1, -0.05) is 23.7 Å². The highest BCUT2D eigenvalue weighted by atomic mass is 35.5. The molecule has 0 fully saturated rings. The molecule has 2 rings (SSSR count). The van der Waals surface area contributed by atoms with Crippen molar-refractivity contribution in [1.29, 1.82) is 0 Å². The molecule has 2 aromatic rings. The summed E-state index contributed by atoms with van der Waals surface area (Å²) in [7, 11) is 0. The van der Waals surface area contributed by atoms with Gasteiger partial charge in [0, 0.05) is 10.5 Å². The lowest BCUT2D eigenvalue weighted by molar-refractivity contribution is 0.0966. The zero-order valence-corrected chi connectivity index (χ0v) is 12.7. The molecule has 0 radical (unpaired) electrons. The van der Waals surface area contributed by atoms with Gasteiger partial charge >= 0.3 is 0 Å². The largest absolute Gasteiger partial charge is 0.292 e. The smallest absolute Gasteiger partial charge is 0.184 e. The van der Waals surface area contributed by atoms with Crippen LogP contribution in [0.15, 0.2) is 29.2 Å². The molecule has 100 valence electrons. The van der Waals surface area contributed by atoms with Crippen LogP contribution in [0.4, 0.5) is 0 Å². The highest BCUT2D eigenvalue weighted by Crippen LogP contribution is 2.20. The summed E-state index contributed by atoms with van der Waals surface area (Å²) in [5, 5.41) is 4.90. The Hall–Kier alpha value is -1.26. The maximum atomic E-state index is 12.2. The Kier molecular flexibility index (Phi) is 4.32. The SMILES string of the molecule is CSc1ccc(C(=O)Cn2nc(C)c(Cl)c2C)cc1. The first-order chi connectivity index (χ1) is 9.02. The molecule has 3 nitrogen and oxygen atoms in total. The minimum Gasteiger partial charge on any atom is -0.292 e. The van der Waals surface area contributed by atoms with Crippen molar-refractivity contribution < 1.29 is 4.79 Å². The van der Waals surface area contributed by atoms with Crippen molar-refractivity contribution in [3.05, 3.63) is 46.2 Å². The van der Waals surface area contributed by atoms with Crippen molar-refractivity contribution in [3.8, 4) is 0 Å². The van der Waals surface area contributed by atoms with Gasteiger partial charge in [-0.25, -0.2) is 0 Å². The van der Waals surface area contributed by atoms with Crippen molar-refractivity contribution in [2.45, 2.75) is 25.3 Å². The lowest BCUT2D eigenvalue weighted by atomic mass is 10.1. The summed E-state index contributed by atoms with van der Waals surface area (Å²) in [5.41, 5.74) is 2.28. The van der Waals surface area contributed by atoms with Crippen LogP contribution in [0.25, 0.3) is 0 Å². The van der Waals surface area contributed by atoms with Gasteiger partial charge in [-0.3, -0.25) is 9.48 Å². The van der Waals surface area contributed by atoms with E-state index in [2.05, 4.69) is 5.10 Å². The van der Waals surface area contributed by atoms with E-state index < -0.39 is 0 Å². The van der Waals surface area contributed by atoms with E-state index in [0.29, 0.717) is 10.6 Å². The van der Waals surface area contributed by atoms with Crippen LogP contribution in [0.2, 0.25) is 5.02 Å². The molecule has 0 spiro atoms. The Morgan fingerprint density at radius 1 is 1.32 bits per heavy atom. The van der Waals surface area contributed by atoms with E-state index in [1.807, 2.05) is 44.4 Å². The summed E-state index contributed by atoms with van der Waals surface area (Å²) in [6.45, 7) is 3.92. The number of aromatic nitrogens is 2. The minimum atomic E-state index is 0.0370. The summed E-state index contributed by atoms with van der Waals surface area (Å²) in [6.07, 6.45) is 2.01. The number of halogens is 1. The molecule has 0 aliphatic heterocycles. The summed E-state index contributed by atoms with van der Waals surface area (Å²) >= 11 is 7.72. The zero-order valence-electron chi connectivity index (χ0n) is 11.1. The quantitative estimate of drug-likeness (QED) is 0.636. The van der Waals surface area contributed by atoms with E-state index >= 15 is 0 Å². The van der Waals surface area contributed by atoms with E-state index in [0.717, 1.165) is 16.3 Å². The standard InChI is InChI=1S/C14H15ClN2OS/c1-9-14(15)10(2)17(16-9)8-13(18)11-4-6-12(19-3)7-5-11/h4-7H,8H2,1-3H3. The molecule has 19 heavy (non-hydrogen) atoms. The molecule has 0 N–H and O–H groups in total. The summed E-state index contributed by atoms with van der Waals surface area (Å²) in [6, 6.07) is 7.60. The predicted octanol–water partition coefficient (Wildman–Crippen LogP) is 3.76. The van der Waals surface area contributed by atoms with Gasteiger partial charge in [-0.2, -0.15) is 5.10 Å². The van der Waals surface area contributed by atoms with Gasteiger partial charge in [0.25, 0.3) is 0 Å². The maximum Gasteiger partial charge on any atom is 0.184 e.